The molecule has 3 atom stereocenters. The van der Waals surface area contributed by atoms with Gasteiger partial charge in [-0.15, -0.1) is 18.2 Å². The fourth-order valence-corrected chi connectivity index (χ4v) is 3.55. The molecule has 2 rings (SSSR count). The Hall–Kier alpha value is -0.270. The molecule has 3 heteroatoms. The van der Waals surface area contributed by atoms with E-state index < -0.39 is 0 Å². The minimum atomic E-state index is 0.885. The van der Waals surface area contributed by atoms with E-state index in [1.54, 1.807) is 0 Å². The van der Waals surface area contributed by atoms with Crippen LogP contribution in [0.4, 0.5) is 0 Å². The summed E-state index contributed by atoms with van der Waals surface area (Å²) in [5, 5.41) is 0. The third kappa shape index (κ3) is 3.14. The number of hydrogen-bond acceptors (Lipinski definition) is 0. The summed E-state index contributed by atoms with van der Waals surface area (Å²) in [5.41, 5.74) is 5.62. The van der Waals surface area contributed by atoms with Crippen LogP contribution in [0.1, 0.15) is 11.1 Å². The zero-order chi connectivity index (χ0) is 12.1. The van der Waals surface area contributed by atoms with Crippen LogP contribution >= 0.6 is 26.4 Å². The molecule has 3 unspecified atom stereocenters. The van der Waals surface area contributed by atoms with Crippen molar-refractivity contribution in [2.75, 3.05) is 0 Å². The molecule has 0 bridgehead atoms. The van der Waals surface area contributed by atoms with E-state index in [0.29, 0.717) is 0 Å². The molecule has 88 valence electrons. The van der Waals surface area contributed by atoms with Crippen LogP contribution in [0, 0.1) is 0 Å². The Morgan fingerprint density at radius 2 is 1.35 bits per heavy atom. The van der Waals surface area contributed by atoms with Gasteiger partial charge in [-0.1, -0.05) is 56.8 Å². The molecule has 0 heterocycles. The predicted octanol–water partition coefficient (Wildman–Crippen LogP) is 4.70. The second kappa shape index (κ2) is 6.61. The lowest BCUT2D eigenvalue weighted by Crippen LogP contribution is -1.90. The van der Waals surface area contributed by atoms with Crippen LogP contribution in [0.25, 0.3) is 11.1 Å². The normalized spacial score (nSPS) is 11.2. The Morgan fingerprint density at radius 3 is 1.94 bits per heavy atom. The maximum atomic E-state index is 2.84. The highest BCUT2D eigenvalue weighted by molar-refractivity contribution is 8.02. The molecule has 0 nitrogen and oxygen atoms in total. The minimum Gasteiger partial charge on any atom is -0.133 e. The van der Waals surface area contributed by atoms with Gasteiger partial charge in [0.1, 0.15) is 0 Å². The average Bonchev–Trinajstić information content (AvgIpc) is 2.40. The van der Waals surface area contributed by atoms with Gasteiger partial charge in [0.05, 0.1) is 0 Å². The lowest BCUT2D eigenvalue weighted by Gasteiger charge is -2.12. The standard InChI is InChI=1S/C14H17P3/c15-9-11-5-1-3-7-13(11)14-8-4-2-6-12(14)10-17-16/h1-8,17H,9-10,15-16H2. The second-order valence-electron chi connectivity index (χ2n) is 3.90. The van der Waals surface area contributed by atoms with Crippen molar-refractivity contribution < 1.29 is 0 Å². The summed E-state index contributed by atoms with van der Waals surface area (Å²) in [7, 11) is 6.54. The third-order valence-corrected chi connectivity index (χ3v) is 4.47. The van der Waals surface area contributed by atoms with E-state index in [0.717, 1.165) is 20.6 Å². The monoisotopic (exact) mass is 278 g/mol. The van der Waals surface area contributed by atoms with Crippen LogP contribution in [0.5, 0.6) is 0 Å². The first-order valence-corrected chi connectivity index (χ1v) is 9.50. The van der Waals surface area contributed by atoms with Gasteiger partial charge in [0.25, 0.3) is 0 Å². The third-order valence-electron chi connectivity index (χ3n) is 2.84. The van der Waals surface area contributed by atoms with Crippen LogP contribution in [0.2, 0.25) is 0 Å². The van der Waals surface area contributed by atoms with Crippen molar-refractivity contribution in [2.24, 2.45) is 0 Å². The van der Waals surface area contributed by atoms with Gasteiger partial charge in [0.15, 0.2) is 0 Å². The quantitative estimate of drug-likeness (QED) is 0.711. The molecule has 0 N–H and O–H groups in total. The number of benzene rings is 2. The van der Waals surface area contributed by atoms with Crippen LogP contribution < -0.4 is 0 Å². The van der Waals surface area contributed by atoms with E-state index >= 15 is 0 Å². The van der Waals surface area contributed by atoms with E-state index in [9.17, 15) is 0 Å². The zero-order valence-corrected chi connectivity index (χ0v) is 13.0. The van der Waals surface area contributed by atoms with Gasteiger partial charge in [0.2, 0.25) is 0 Å². The molecule has 0 fully saturated rings. The molecule has 0 saturated heterocycles. The molecular formula is C14H17P3. The predicted molar refractivity (Wildman–Crippen MR) is 87.0 cm³/mol. The molecule has 17 heavy (non-hydrogen) atoms. The smallest absolute Gasteiger partial charge is 0.00602 e. The van der Waals surface area contributed by atoms with Gasteiger partial charge in [-0.25, -0.2) is 0 Å². The van der Waals surface area contributed by atoms with Crippen molar-refractivity contribution in [3.05, 3.63) is 59.7 Å². The lowest BCUT2D eigenvalue weighted by atomic mass is 9.97. The van der Waals surface area contributed by atoms with Gasteiger partial charge in [-0.05, 0) is 34.6 Å². The van der Waals surface area contributed by atoms with E-state index in [1.165, 1.54) is 22.3 Å². The van der Waals surface area contributed by atoms with Gasteiger partial charge < -0.3 is 0 Å². The average molecular weight is 278 g/mol. The van der Waals surface area contributed by atoms with Crippen LogP contribution in [-0.4, -0.2) is 0 Å². The first-order valence-electron chi connectivity index (χ1n) is 5.66. The molecular weight excluding hydrogens is 261 g/mol. The van der Waals surface area contributed by atoms with E-state index in [2.05, 4.69) is 66.7 Å². The summed E-state index contributed by atoms with van der Waals surface area (Å²) in [5.74, 6) is 0. The Balaban J connectivity index is 2.52. The van der Waals surface area contributed by atoms with Crippen LogP contribution in [0.3, 0.4) is 0 Å². The zero-order valence-electron chi connectivity index (χ0n) is 9.69. The Kier molecular flexibility index (Phi) is 5.12. The van der Waals surface area contributed by atoms with Crippen molar-refractivity contribution in [1.82, 2.24) is 0 Å². The summed E-state index contributed by atoms with van der Waals surface area (Å²) < 4.78 is 0. The topological polar surface area (TPSA) is 0 Å². The van der Waals surface area contributed by atoms with Crippen molar-refractivity contribution in [3.8, 4) is 11.1 Å². The first-order chi connectivity index (χ1) is 8.36. The van der Waals surface area contributed by atoms with Gasteiger partial charge >= 0.3 is 0 Å². The van der Waals surface area contributed by atoms with Crippen molar-refractivity contribution in [1.29, 1.82) is 0 Å². The fourth-order valence-electron chi connectivity index (χ4n) is 2.01. The highest BCUT2D eigenvalue weighted by atomic mass is 32.0. The van der Waals surface area contributed by atoms with Crippen molar-refractivity contribution in [2.45, 2.75) is 12.3 Å². The summed E-state index contributed by atoms with van der Waals surface area (Å²) in [4.78, 5) is 0. The van der Waals surface area contributed by atoms with E-state index in [1.807, 2.05) is 0 Å². The summed E-state index contributed by atoms with van der Waals surface area (Å²) in [6.07, 6.45) is 2.15. The molecule has 0 aliphatic carbocycles. The molecule has 0 aliphatic heterocycles. The van der Waals surface area contributed by atoms with Crippen molar-refractivity contribution >= 4 is 26.4 Å². The maximum Gasteiger partial charge on any atom is -0.00602 e. The largest absolute Gasteiger partial charge is 0.133 e. The minimum absolute atomic E-state index is 0.885. The Labute approximate surface area is 110 Å². The van der Waals surface area contributed by atoms with E-state index in [4.69, 9.17) is 0 Å². The molecule has 0 aliphatic rings. The maximum absolute atomic E-state index is 2.84. The molecule has 0 spiro atoms. The summed E-state index contributed by atoms with van der Waals surface area (Å²) >= 11 is 0. The summed E-state index contributed by atoms with van der Waals surface area (Å²) in [6, 6.07) is 17.4. The molecule has 2 aromatic rings. The fraction of sp³-hybridized carbons (Fsp3) is 0.143. The number of hydrogen-bond donors (Lipinski definition) is 0. The molecule has 0 saturated carbocycles. The van der Waals surface area contributed by atoms with Gasteiger partial charge in [-0.2, -0.15) is 0 Å². The van der Waals surface area contributed by atoms with E-state index in [-0.39, 0.29) is 0 Å². The first kappa shape index (κ1) is 13.2. The van der Waals surface area contributed by atoms with Gasteiger partial charge in [0, 0.05) is 0 Å². The Morgan fingerprint density at radius 1 is 0.824 bits per heavy atom. The van der Waals surface area contributed by atoms with Gasteiger partial charge in [-0.3, -0.25) is 0 Å². The second-order valence-corrected chi connectivity index (χ2v) is 6.29. The van der Waals surface area contributed by atoms with Crippen LogP contribution in [0.15, 0.2) is 48.5 Å². The molecule has 0 radical (unpaired) electrons. The lowest BCUT2D eigenvalue weighted by molar-refractivity contribution is 1.36. The van der Waals surface area contributed by atoms with Crippen molar-refractivity contribution in [3.63, 3.8) is 0 Å². The highest BCUT2D eigenvalue weighted by Crippen LogP contribution is 2.34. The molecule has 2 aromatic carbocycles. The summed E-state index contributed by atoms with van der Waals surface area (Å²) in [6.45, 7) is 0. The Bertz CT molecular complexity index is 494. The molecule has 0 amide bonds. The molecule has 0 aromatic heterocycles. The SMILES string of the molecule is PCc1ccccc1-c1ccccc1CPP. The van der Waals surface area contributed by atoms with Crippen LogP contribution in [-0.2, 0) is 12.3 Å². The number of rotatable bonds is 4. The highest BCUT2D eigenvalue weighted by Gasteiger charge is 2.06.